The molecular weight excluding hydrogens is 232 g/mol. The van der Waals surface area contributed by atoms with Crippen LogP contribution in [0.4, 0.5) is 0 Å². The molecule has 2 fully saturated rings. The van der Waals surface area contributed by atoms with Crippen LogP contribution in [0.2, 0.25) is 0 Å². The largest absolute Gasteiger partial charge is 0.447 e. The number of nitrogens with zero attached hydrogens (tertiary/aromatic N) is 3. The van der Waals surface area contributed by atoms with Crippen molar-refractivity contribution in [2.75, 3.05) is 6.61 Å². The second-order valence-electron chi connectivity index (χ2n) is 4.66. The molecule has 0 aromatic rings. The van der Waals surface area contributed by atoms with Gasteiger partial charge < -0.3 is 9.47 Å². The molecule has 0 saturated carbocycles. The van der Waals surface area contributed by atoms with Crippen molar-refractivity contribution >= 4 is 5.90 Å². The van der Waals surface area contributed by atoms with Gasteiger partial charge in [-0.2, -0.15) is 15.8 Å². The van der Waals surface area contributed by atoms with Crippen molar-refractivity contribution in [1.82, 2.24) is 0 Å². The molecule has 18 heavy (non-hydrogen) atoms. The first kappa shape index (κ1) is 12.4. The third-order valence-electron chi connectivity index (χ3n) is 4.20. The van der Waals surface area contributed by atoms with E-state index in [2.05, 4.69) is 0 Å². The first-order valence-electron chi connectivity index (χ1n) is 5.64. The number of rotatable bonds is 1. The number of fused-ring (bicyclic) bond motifs is 2. The molecule has 6 heteroatoms. The topological polar surface area (TPSA) is 114 Å². The summed E-state index contributed by atoms with van der Waals surface area (Å²) in [5.74, 6) is -1.94. The highest BCUT2D eigenvalue weighted by atomic mass is 16.7. The van der Waals surface area contributed by atoms with Gasteiger partial charge in [0, 0.05) is 6.42 Å². The summed E-state index contributed by atoms with van der Waals surface area (Å²) in [6.45, 7) is 3.30. The summed E-state index contributed by atoms with van der Waals surface area (Å²) in [6, 6.07) is 5.70. The van der Waals surface area contributed by atoms with Gasteiger partial charge in [0.15, 0.2) is 10.8 Å². The molecule has 0 aromatic heterocycles. The Hall–Kier alpha value is -2.10. The van der Waals surface area contributed by atoms with Crippen molar-refractivity contribution in [3.63, 3.8) is 0 Å². The first-order valence-corrected chi connectivity index (χ1v) is 5.64. The third kappa shape index (κ3) is 0.967. The Morgan fingerprint density at radius 2 is 1.94 bits per heavy atom. The fourth-order valence-corrected chi connectivity index (χ4v) is 2.92. The average molecular weight is 244 g/mol. The quantitative estimate of drug-likeness (QED) is 0.746. The molecule has 0 aromatic carbocycles. The van der Waals surface area contributed by atoms with Crippen molar-refractivity contribution in [3.8, 4) is 18.2 Å². The number of ether oxygens (including phenoxy) is 2. The van der Waals surface area contributed by atoms with Gasteiger partial charge >= 0.3 is 0 Å². The Morgan fingerprint density at radius 1 is 1.33 bits per heavy atom. The molecular formula is C12H12N4O2. The molecule has 2 bridgehead atoms. The Bertz CT molecular complexity index is 524. The number of hydrogen-bond acceptors (Lipinski definition) is 6. The van der Waals surface area contributed by atoms with E-state index in [0.29, 0.717) is 6.42 Å². The Labute approximate surface area is 105 Å². The summed E-state index contributed by atoms with van der Waals surface area (Å²) in [7, 11) is 0. The average Bonchev–Trinajstić information content (AvgIpc) is 2.55. The lowest BCUT2D eigenvalue weighted by atomic mass is 9.57. The molecule has 92 valence electrons. The molecule has 0 radical (unpaired) electrons. The Balaban J connectivity index is 2.72. The van der Waals surface area contributed by atoms with Crippen LogP contribution in [0, 0.1) is 56.2 Å². The summed E-state index contributed by atoms with van der Waals surface area (Å²) in [5.41, 5.74) is -3.24. The van der Waals surface area contributed by atoms with Crippen LogP contribution in [0.25, 0.3) is 0 Å². The molecule has 0 unspecified atom stereocenters. The molecule has 2 aliphatic heterocycles. The van der Waals surface area contributed by atoms with Gasteiger partial charge in [0.25, 0.3) is 0 Å². The maximum atomic E-state index is 9.49. The van der Waals surface area contributed by atoms with Crippen molar-refractivity contribution in [1.29, 1.82) is 21.2 Å². The standard InChI is InChI=1S/C12H12N4O2/c1-3-12-8(2)11(6-15,9(16)18-12)10(4-13,5-14)7-17-12/h8,16H,3,7H2,1-2H3/t8-,11+,12+/m1/s1. The maximum absolute atomic E-state index is 9.49. The second-order valence-corrected chi connectivity index (χ2v) is 4.66. The smallest absolute Gasteiger partial charge is 0.216 e. The van der Waals surface area contributed by atoms with Crippen LogP contribution in [0.5, 0.6) is 0 Å². The minimum absolute atomic E-state index is 0.214. The van der Waals surface area contributed by atoms with Crippen LogP contribution >= 0.6 is 0 Å². The van der Waals surface area contributed by atoms with Crippen molar-refractivity contribution in [2.24, 2.45) is 16.7 Å². The molecule has 2 saturated heterocycles. The molecule has 0 aliphatic carbocycles. The van der Waals surface area contributed by atoms with Crippen molar-refractivity contribution in [2.45, 2.75) is 26.1 Å². The van der Waals surface area contributed by atoms with Crippen LogP contribution in [-0.2, 0) is 9.47 Å². The van der Waals surface area contributed by atoms with E-state index in [1.165, 1.54) is 0 Å². The zero-order valence-corrected chi connectivity index (χ0v) is 10.1. The summed E-state index contributed by atoms with van der Waals surface area (Å²) in [5, 5.41) is 36.0. The zero-order valence-electron chi connectivity index (χ0n) is 10.1. The van der Waals surface area contributed by atoms with E-state index in [0.717, 1.165) is 0 Å². The van der Waals surface area contributed by atoms with E-state index in [9.17, 15) is 15.8 Å². The van der Waals surface area contributed by atoms with E-state index in [1.807, 2.05) is 25.1 Å². The zero-order chi connectivity index (χ0) is 13.6. The first-order chi connectivity index (χ1) is 8.48. The van der Waals surface area contributed by atoms with Gasteiger partial charge in [0.1, 0.15) is 0 Å². The van der Waals surface area contributed by atoms with Crippen LogP contribution in [-0.4, -0.2) is 18.3 Å². The molecule has 2 heterocycles. The SMILES string of the molecule is CC[C@]12OCC(C#N)(C#N)[C@](C#N)(C(=N)O1)[C@H]2C. The lowest BCUT2D eigenvalue weighted by molar-refractivity contribution is -0.244. The lowest BCUT2D eigenvalue weighted by Gasteiger charge is -2.43. The number of hydrogen-bond donors (Lipinski definition) is 1. The normalized spacial score (nSPS) is 40.2. The van der Waals surface area contributed by atoms with Gasteiger partial charge in [-0.1, -0.05) is 13.8 Å². The minimum Gasteiger partial charge on any atom is -0.447 e. The van der Waals surface area contributed by atoms with Crippen molar-refractivity contribution < 1.29 is 9.47 Å². The van der Waals surface area contributed by atoms with Crippen LogP contribution in [0.1, 0.15) is 20.3 Å². The van der Waals surface area contributed by atoms with Crippen molar-refractivity contribution in [3.05, 3.63) is 0 Å². The van der Waals surface area contributed by atoms with E-state index < -0.39 is 22.5 Å². The molecule has 1 N–H and O–H groups in total. The lowest BCUT2D eigenvalue weighted by Crippen LogP contribution is -2.57. The minimum atomic E-state index is -1.69. The molecule has 2 rings (SSSR count). The predicted molar refractivity (Wildman–Crippen MR) is 58.7 cm³/mol. The van der Waals surface area contributed by atoms with E-state index >= 15 is 0 Å². The number of nitriles is 3. The Morgan fingerprint density at radius 3 is 2.39 bits per heavy atom. The highest BCUT2D eigenvalue weighted by Crippen LogP contribution is 2.60. The van der Waals surface area contributed by atoms with Gasteiger partial charge in [0.2, 0.25) is 11.7 Å². The number of nitrogens with one attached hydrogen (secondary N) is 1. The van der Waals surface area contributed by atoms with Gasteiger partial charge in [-0.25, -0.2) is 0 Å². The maximum Gasteiger partial charge on any atom is 0.216 e. The third-order valence-corrected chi connectivity index (χ3v) is 4.20. The Kier molecular flexibility index (Phi) is 2.37. The van der Waals surface area contributed by atoms with Gasteiger partial charge in [-0.15, -0.1) is 0 Å². The van der Waals surface area contributed by atoms with Gasteiger partial charge in [-0.05, 0) is 0 Å². The molecule has 0 spiro atoms. The van der Waals surface area contributed by atoms with Gasteiger partial charge in [-0.3, -0.25) is 5.41 Å². The van der Waals surface area contributed by atoms with E-state index in [4.69, 9.17) is 14.9 Å². The summed E-state index contributed by atoms with van der Waals surface area (Å²) >= 11 is 0. The summed E-state index contributed by atoms with van der Waals surface area (Å²) in [4.78, 5) is 0. The summed E-state index contributed by atoms with van der Waals surface area (Å²) < 4.78 is 11.0. The molecule has 0 amide bonds. The van der Waals surface area contributed by atoms with Crippen LogP contribution in [0.15, 0.2) is 0 Å². The van der Waals surface area contributed by atoms with Gasteiger partial charge in [0.05, 0.1) is 30.7 Å². The monoisotopic (exact) mass is 244 g/mol. The molecule has 6 nitrogen and oxygen atoms in total. The fraction of sp³-hybridized carbons (Fsp3) is 0.667. The predicted octanol–water partition coefficient (Wildman–Crippen LogP) is 1.31. The second kappa shape index (κ2) is 3.45. The fourth-order valence-electron chi connectivity index (χ4n) is 2.92. The highest BCUT2D eigenvalue weighted by molar-refractivity contribution is 5.88. The van der Waals surface area contributed by atoms with Crippen LogP contribution < -0.4 is 0 Å². The van der Waals surface area contributed by atoms with E-state index in [1.54, 1.807) is 6.92 Å². The van der Waals surface area contributed by atoms with E-state index in [-0.39, 0.29) is 12.5 Å². The highest BCUT2D eigenvalue weighted by Gasteiger charge is 2.75. The van der Waals surface area contributed by atoms with Crippen LogP contribution in [0.3, 0.4) is 0 Å². The molecule has 3 atom stereocenters. The molecule has 2 aliphatic rings. The summed E-state index contributed by atoms with van der Waals surface area (Å²) in [6.07, 6.45) is 0.451.